The second-order valence-electron chi connectivity index (χ2n) is 7.76. The summed E-state index contributed by atoms with van der Waals surface area (Å²) in [7, 11) is 3.94. The Hall–Kier alpha value is -2.64. The van der Waals surface area contributed by atoms with E-state index in [1.54, 1.807) is 4.90 Å². The van der Waals surface area contributed by atoms with E-state index in [-0.39, 0.29) is 18.2 Å². The lowest BCUT2D eigenvalue weighted by Crippen LogP contribution is -2.38. The number of benzene rings is 2. The predicted molar refractivity (Wildman–Crippen MR) is 124 cm³/mol. The molecule has 2 aromatic rings. The van der Waals surface area contributed by atoms with Crippen molar-refractivity contribution in [3.05, 3.63) is 59.7 Å². The number of hydrogen-bond donors (Lipinski definition) is 1. The highest BCUT2D eigenvalue weighted by atomic mass is 32.2. The zero-order valence-electron chi connectivity index (χ0n) is 17.9. The van der Waals surface area contributed by atoms with Crippen molar-refractivity contribution in [1.82, 2.24) is 9.80 Å². The number of aryl methyl sites for hydroxylation is 2. The van der Waals surface area contributed by atoms with Crippen LogP contribution in [0.15, 0.2) is 53.5 Å². The van der Waals surface area contributed by atoms with Crippen LogP contribution in [0, 0.1) is 13.8 Å². The van der Waals surface area contributed by atoms with Gasteiger partial charge < -0.3 is 10.2 Å². The first-order valence-corrected chi connectivity index (χ1v) is 10.8. The highest BCUT2D eigenvalue weighted by Gasteiger charge is 2.39. The summed E-state index contributed by atoms with van der Waals surface area (Å²) in [6.07, 6.45) is 0.114. The van der Waals surface area contributed by atoms with E-state index in [2.05, 4.69) is 11.4 Å². The van der Waals surface area contributed by atoms with Crippen LogP contribution in [0.1, 0.15) is 17.5 Å². The Labute approximate surface area is 182 Å². The maximum Gasteiger partial charge on any atom is 0.242 e. The molecule has 0 radical (unpaired) electrons. The van der Waals surface area contributed by atoms with E-state index in [9.17, 15) is 9.59 Å². The van der Waals surface area contributed by atoms with Gasteiger partial charge in [0.05, 0.1) is 5.69 Å². The van der Waals surface area contributed by atoms with Crippen LogP contribution in [-0.2, 0) is 9.59 Å². The Morgan fingerprint density at radius 3 is 2.43 bits per heavy atom. The fraction of sp³-hybridized carbons (Fsp3) is 0.348. The van der Waals surface area contributed by atoms with Gasteiger partial charge in [-0.25, -0.2) is 4.99 Å². The molecule has 0 bridgehead atoms. The Morgan fingerprint density at radius 1 is 1.13 bits per heavy atom. The van der Waals surface area contributed by atoms with Gasteiger partial charge in [0, 0.05) is 25.2 Å². The largest absolute Gasteiger partial charge is 0.326 e. The van der Waals surface area contributed by atoms with Crippen LogP contribution in [0.4, 0.5) is 11.4 Å². The van der Waals surface area contributed by atoms with Crippen molar-refractivity contribution < 1.29 is 9.59 Å². The molecule has 1 aliphatic heterocycles. The Balaban J connectivity index is 1.78. The van der Waals surface area contributed by atoms with E-state index in [4.69, 9.17) is 4.99 Å². The van der Waals surface area contributed by atoms with Crippen LogP contribution in [0.25, 0.3) is 0 Å². The normalized spacial score (nSPS) is 17.8. The maximum atomic E-state index is 13.1. The number of carbonyl (C=O) groups excluding carboxylic acids is 2. The Bertz CT molecular complexity index is 923. The zero-order valence-corrected chi connectivity index (χ0v) is 18.7. The molecule has 1 atom stereocenters. The number of amidine groups is 1. The highest BCUT2D eigenvalue weighted by molar-refractivity contribution is 8.15. The van der Waals surface area contributed by atoms with E-state index in [0.717, 1.165) is 29.0 Å². The van der Waals surface area contributed by atoms with E-state index in [0.29, 0.717) is 11.7 Å². The van der Waals surface area contributed by atoms with Gasteiger partial charge in [-0.2, -0.15) is 0 Å². The number of amides is 2. The lowest BCUT2D eigenvalue weighted by molar-refractivity contribution is -0.128. The van der Waals surface area contributed by atoms with Crippen LogP contribution in [0.3, 0.4) is 0 Å². The van der Waals surface area contributed by atoms with Gasteiger partial charge in [0.25, 0.3) is 0 Å². The summed E-state index contributed by atoms with van der Waals surface area (Å²) >= 11 is 1.37. The van der Waals surface area contributed by atoms with Gasteiger partial charge >= 0.3 is 0 Å². The molecule has 30 heavy (non-hydrogen) atoms. The second-order valence-corrected chi connectivity index (χ2v) is 8.93. The Morgan fingerprint density at radius 2 is 1.80 bits per heavy atom. The first-order chi connectivity index (χ1) is 14.3. The molecular weight excluding hydrogens is 396 g/mol. The summed E-state index contributed by atoms with van der Waals surface area (Å²) < 4.78 is 0. The topological polar surface area (TPSA) is 65.0 Å². The third-order valence-electron chi connectivity index (χ3n) is 4.65. The van der Waals surface area contributed by atoms with Gasteiger partial charge in [-0.3, -0.25) is 14.5 Å². The third-order valence-corrected chi connectivity index (χ3v) is 5.83. The van der Waals surface area contributed by atoms with Gasteiger partial charge in [-0.15, -0.1) is 0 Å². The molecule has 3 rings (SSSR count). The van der Waals surface area contributed by atoms with Crippen LogP contribution in [0.2, 0.25) is 0 Å². The molecule has 1 heterocycles. The molecule has 7 heteroatoms. The molecule has 1 saturated heterocycles. The first-order valence-electron chi connectivity index (χ1n) is 9.96. The van der Waals surface area contributed by atoms with Crippen molar-refractivity contribution in [2.45, 2.75) is 25.5 Å². The van der Waals surface area contributed by atoms with Crippen molar-refractivity contribution in [2.75, 3.05) is 32.5 Å². The number of thioether (sulfide) groups is 1. The number of anilines is 1. The van der Waals surface area contributed by atoms with Crippen LogP contribution in [0.5, 0.6) is 0 Å². The molecule has 2 aromatic carbocycles. The van der Waals surface area contributed by atoms with Gasteiger partial charge in [0.2, 0.25) is 11.8 Å². The summed E-state index contributed by atoms with van der Waals surface area (Å²) in [6, 6.07) is 15.4. The summed E-state index contributed by atoms with van der Waals surface area (Å²) in [5.41, 5.74) is 3.81. The number of rotatable bonds is 7. The van der Waals surface area contributed by atoms with Crippen molar-refractivity contribution in [2.24, 2.45) is 4.99 Å². The SMILES string of the molecule is Cc1cc(C)cc(N=C2S[C@H](CC(=O)Nc3ccccc3)C(=O)N2CCN(C)C)c1. The van der Waals surface area contributed by atoms with Gasteiger partial charge in [-0.05, 0) is 63.3 Å². The average molecular weight is 425 g/mol. The summed E-state index contributed by atoms with van der Waals surface area (Å²) in [6.45, 7) is 5.33. The molecule has 158 valence electrons. The molecule has 0 aromatic heterocycles. The van der Waals surface area contributed by atoms with Gasteiger partial charge in [0.15, 0.2) is 5.17 Å². The fourth-order valence-corrected chi connectivity index (χ4v) is 4.44. The molecule has 0 aliphatic carbocycles. The van der Waals surface area contributed by atoms with E-state index in [1.807, 2.05) is 75.3 Å². The molecule has 2 amide bonds. The van der Waals surface area contributed by atoms with E-state index < -0.39 is 5.25 Å². The van der Waals surface area contributed by atoms with Crippen molar-refractivity contribution in [1.29, 1.82) is 0 Å². The number of aliphatic imine (C=N–C) groups is 1. The summed E-state index contributed by atoms with van der Waals surface area (Å²) in [4.78, 5) is 34.1. The number of carbonyl (C=O) groups is 2. The van der Waals surface area contributed by atoms with Crippen molar-refractivity contribution in [3.63, 3.8) is 0 Å². The molecule has 1 fully saturated rings. The number of nitrogens with zero attached hydrogens (tertiary/aromatic N) is 3. The summed E-state index contributed by atoms with van der Waals surface area (Å²) in [5, 5.41) is 3.05. The average Bonchev–Trinajstić information content (AvgIpc) is 2.94. The summed E-state index contributed by atoms with van der Waals surface area (Å²) in [5.74, 6) is -0.236. The minimum atomic E-state index is -0.472. The Kier molecular flexibility index (Phi) is 7.29. The van der Waals surface area contributed by atoms with Crippen LogP contribution in [-0.4, -0.2) is 59.2 Å². The third kappa shape index (κ3) is 5.93. The van der Waals surface area contributed by atoms with E-state index in [1.165, 1.54) is 11.8 Å². The van der Waals surface area contributed by atoms with Crippen LogP contribution >= 0.6 is 11.8 Å². The number of hydrogen-bond acceptors (Lipinski definition) is 5. The van der Waals surface area contributed by atoms with Gasteiger partial charge in [0.1, 0.15) is 5.25 Å². The smallest absolute Gasteiger partial charge is 0.242 e. The van der Waals surface area contributed by atoms with Crippen molar-refractivity contribution >= 4 is 40.1 Å². The van der Waals surface area contributed by atoms with Gasteiger partial charge in [-0.1, -0.05) is 36.0 Å². The standard InChI is InChI=1S/C23H28N4O2S/c1-16-12-17(2)14-19(13-16)25-23-27(11-10-26(3)4)22(29)20(30-23)15-21(28)24-18-8-6-5-7-9-18/h5-9,12-14,20H,10-11,15H2,1-4H3,(H,24,28)/t20-/m1/s1. The van der Waals surface area contributed by atoms with Crippen LogP contribution < -0.4 is 5.32 Å². The maximum absolute atomic E-state index is 13.1. The number of nitrogens with one attached hydrogen (secondary N) is 1. The van der Waals surface area contributed by atoms with E-state index >= 15 is 0 Å². The molecule has 6 nitrogen and oxygen atoms in total. The predicted octanol–water partition coefficient (Wildman–Crippen LogP) is 3.83. The molecule has 0 saturated carbocycles. The fourth-order valence-electron chi connectivity index (χ4n) is 3.26. The number of para-hydroxylation sites is 1. The first kappa shape index (κ1) is 22.1. The number of likely N-dealkylation sites (N-methyl/N-ethyl adjacent to an activating group) is 1. The quantitative estimate of drug-likeness (QED) is 0.734. The lowest BCUT2D eigenvalue weighted by Gasteiger charge is -2.19. The highest BCUT2D eigenvalue weighted by Crippen LogP contribution is 2.32. The second kappa shape index (κ2) is 9.91. The zero-order chi connectivity index (χ0) is 21.7. The molecule has 0 spiro atoms. The molecule has 1 aliphatic rings. The lowest BCUT2D eigenvalue weighted by atomic mass is 10.1. The molecule has 1 N–H and O–H groups in total. The monoisotopic (exact) mass is 424 g/mol. The molecular formula is C23H28N4O2S. The van der Waals surface area contributed by atoms with Crippen molar-refractivity contribution in [3.8, 4) is 0 Å². The minimum Gasteiger partial charge on any atom is -0.326 e. The molecule has 0 unspecified atom stereocenters. The minimum absolute atomic E-state index is 0.0619.